The maximum Gasteiger partial charge on any atom is 0.223 e. The smallest absolute Gasteiger partial charge is 0.223 e. The summed E-state index contributed by atoms with van der Waals surface area (Å²) < 4.78 is 0. The van der Waals surface area contributed by atoms with Crippen LogP contribution in [0.2, 0.25) is 0 Å². The third kappa shape index (κ3) is 5.13. The first-order chi connectivity index (χ1) is 15.4. The second-order valence-corrected chi connectivity index (χ2v) is 9.31. The Hall–Kier alpha value is -2.86. The maximum absolute atomic E-state index is 11.9. The maximum atomic E-state index is 11.9. The van der Waals surface area contributed by atoms with Crippen molar-refractivity contribution in [1.29, 1.82) is 0 Å². The molecule has 0 aliphatic carbocycles. The molecule has 2 fully saturated rings. The molecule has 2 heterocycles. The van der Waals surface area contributed by atoms with Crippen LogP contribution >= 0.6 is 0 Å². The number of hydrogen-bond donors (Lipinski definition) is 1. The molecule has 2 saturated heterocycles. The lowest BCUT2D eigenvalue weighted by Gasteiger charge is -2.20. The molecule has 4 rings (SSSR count). The van der Waals surface area contributed by atoms with Crippen LogP contribution in [0.3, 0.4) is 0 Å². The van der Waals surface area contributed by atoms with Crippen molar-refractivity contribution in [1.82, 2.24) is 9.80 Å². The van der Waals surface area contributed by atoms with Gasteiger partial charge in [-0.2, -0.15) is 0 Å². The van der Waals surface area contributed by atoms with Crippen LogP contribution in [0.15, 0.2) is 48.5 Å². The summed E-state index contributed by atoms with van der Waals surface area (Å²) in [6, 6.07) is 17.4. The number of amides is 2. The summed E-state index contributed by atoms with van der Waals surface area (Å²) in [7, 11) is 2.13. The van der Waals surface area contributed by atoms with Crippen molar-refractivity contribution < 1.29 is 9.59 Å². The summed E-state index contributed by atoms with van der Waals surface area (Å²) in [6.07, 6.45) is 2.59. The van der Waals surface area contributed by atoms with Gasteiger partial charge in [0.1, 0.15) is 0 Å². The van der Waals surface area contributed by atoms with E-state index in [2.05, 4.69) is 65.4 Å². The molecule has 2 aromatic rings. The Kier molecular flexibility index (Phi) is 6.80. The summed E-state index contributed by atoms with van der Waals surface area (Å²) in [4.78, 5) is 30.2. The number of primary amides is 1. The van der Waals surface area contributed by atoms with Gasteiger partial charge in [-0.25, -0.2) is 0 Å². The SMILES string of the molecule is CC(=O)N1C[C@H](C(N)=O)[C@@H](c2ccc(CN(C)Cc3ccc(N4CCCC4)cc3)cc2)C1. The summed E-state index contributed by atoms with van der Waals surface area (Å²) in [5, 5.41) is 0. The second kappa shape index (κ2) is 9.74. The fraction of sp³-hybridized carbons (Fsp3) is 0.462. The van der Waals surface area contributed by atoms with E-state index in [-0.39, 0.29) is 23.7 Å². The molecule has 0 aromatic heterocycles. The van der Waals surface area contributed by atoms with Gasteiger partial charge in [-0.15, -0.1) is 0 Å². The number of nitrogens with zero attached hydrogens (tertiary/aromatic N) is 3. The van der Waals surface area contributed by atoms with E-state index >= 15 is 0 Å². The standard InChI is InChI=1S/C26H34N4O2/c1-19(31)30-17-24(25(18-30)26(27)32)22-9-5-20(6-10-22)15-28(2)16-21-7-11-23(12-8-21)29-13-3-4-14-29/h5-12,24-25H,3-4,13-18H2,1-2H3,(H2,27,32)/t24-,25+/m1/s1. The van der Waals surface area contributed by atoms with Gasteiger partial charge in [0.25, 0.3) is 0 Å². The predicted molar refractivity (Wildman–Crippen MR) is 127 cm³/mol. The molecule has 0 saturated carbocycles. The Bertz CT molecular complexity index is 935. The van der Waals surface area contributed by atoms with Crippen LogP contribution in [0.1, 0.15) is 42.4 Å². The minimum atomic E-state index is -0.335. The molecule has 0 unspecified atom stereocenters. The van der Waals surface area contributed by atoms with Crippen LogP contribution in [-0.4, -0.2) is 54.8 Å². The molecule has 0 bridgehead atoms. The molecule has 2 N–H and O–H groups in total. The van der Waals surface area contributed by atoms with Gasteiger partial charge in [0.15, 0.2) is 0 Å². The van der Waals surface area contributed by atoms with Gasteiger partial charge in [0.05, 0.1) is 5.92 Å². The largest absolute Gasteiger partial charge is 0.372 e. The molecule has 170 valence electrons. The van der Waals surface area contributed by atoms with Crippen molar-refractivity contribution in [2.75, 3.05) is 38.1 Å². The molecule has 32 heavy (non-hydrogen) atoms. The van der Waals surface area contributed by atoms with Crippen LogP contribution in [0.5, 0.6) is 0 Å². The monoisotopic (exact) mass is 434 g/mol. The summed E-state index contributed by atoms with van der Waals surface area (Å²) in [5.41, 5.74) is 10.5. The van der Waals surface area contributed by atoms with Crippen molar-refractivity contribution in [3.8, 4) is 0 Å². The minimum Gasteiger partial charge on any atom is -0.372 e. The Labute approximate surface area is 191 Å². The minimum absolute atomic E-state index is 0.00884. The number of carbonyl (C=O) groups excluding carboxylic acids is 2. The first-order valence-electron chi connectivity index (χ1n) is 11.6. The van der Waals surface area contributed by atoms with Crippen LogP contribution in [0.25, 0.3) is 0 Å². The third-order valence-electron chi connectivity index (χ3n) is 6.85. The van der Waals surface area contributed by atoms with E-state index in [1.165, 1.54) is 42.7 Å². The number of carbonyl (C=O) groups is 2. The summed E-state index contributed by atoms with van der Waals surface area (Å²) in [5.74, 6) is -0.697. The van der Waals surface area contributed by atoms with E-state index in [9.17, 15) is 9.59 Å². The number of nitrogens with two attached hydrogens (primary N) is 1. The lowest BCUT2D eigenvalue weighted by molar-refractivity contribution is -0.128. The van der Waals surface area contributed by atoms with Gasteiger partial charge in [0, 0.05) is 57.8 Å². The molecule has 0 radical (unpaired) electrons. The van der Waals surface area contributed by atoms with E-state index in [0.29, 0.717) is 13.1 Å². The molecule has 2 aromatic carbocycles. The van der Waals surface area contributed by atoms with Gasteiger partial charge < -0.3 is 15.5 Å². The highest BCUT2D eigenvalue weighted by Crippen LogP contribution is 2.33. The van der Waals surface area contributed by atoms with Gasteiger partial charge in [-0.1, -0.05) is 36.4 Å². The number of anilines is 1. The molecule has 2 aliphatic rings. The van der Waals surface area contributed by atoms with E-state index in [1.54, 1.807) is 11.8 Å². The van der Waals surface area contributed by atoms with Crippen LogP contribution < -0.4 is 10.6 Å². The number of likely N-dealkylation sites (tertiary alicyclic amines) is 1. The van der Waals surface area contributed by atoms with Gasteiger partial charge in [0.2, 0.25) is 11.8 Å². The highest BCUT2D eigenvalue weighted by atomic mass is 16.2. The average molecular weight is 435 g/mol. The third-order valence-corrected chi connectivity index (χ3v) is 6.85. The Morgan fingerprint density at radius 3 is 2.03 bits per heavy atom. The first-order valence-corrected chi connectivity index (χ1v) is 11.6. The fourth-order valence-electron chi connectivity index (χ4n) is 5.02. The Balaban J connectivity index is 1.35. The number of benzene rings is 2. The quantitative estimate of drug-likeness (QED) is 0.727. The van der Waals surface area contributed by atoms with Crippen LogP contribution in [0.4, 0.5) is 5.69 Å². The zero-order chi connectivity index (χ0) is 22.7. The molecule has 0 spiro atoms. The average Bonchev–Trinajstić information content (AvgIpc) is 3.45. The van der Waals surface area contributed by atoms with Crippen molar-refractivity contribution in [2.45, 2.75) is 38.8 Å². The lowest BCUT2D eigenvalue weighted by atomic mass is 9.88. The summed E-state index contributed by atoms with van der Waals surface area (Å²) >= 11 is 0. The van der Waals surface area contributed by atoms with Crippen molar-refractivity contribution >= 4 is 17.5 Å². The highest BCUT2D eigenvalue weighted by Gasteiger charge is 2.38. The van der Waals surface area contributed by atoms with Crippen molar-refractivity contribution in [3.63, 3.8) is 0 Å². The molecule has 2 amide bonds. The predicted octanol–water partition coefficient (Wildman–Crippen LogP) is 2.97. The first kappa shape index (κ1) is 22.3. The molecule has 2 aliphatic heterocycles. The Morgan fingerprint density at radius 2 is 1.50 bits per heavy atom. The lowest BCUT2D eigenvalue weighted by Crippen LogP contribution is -2.30. The van der Waals surface area contributed by atoms with Crippen molar-refractivity contribution in [2.24, 2.45) is 11.7 Å². The van der Waals surface area contributed by atoms with Gasteiger partial charge in [-0.3, -0.25) is 14.5 Å². The van der Waals surface area contributed by atoms with Crippen LogP contribution in [-0.2, 0) is 22.7 Å². The van der Waals surface area contributed by atoms with Gasteiger partial charge in [-0.05, 0) is 48.7 Å². The van der Waals surface area contributed by atoms with Crippen LogP contribution in [0, 0.1) is 5.92 Å². The number of hydrogen-bond acceptors (Lipinski definition) is 4. The normalized spacial score (nSPS) is 20.8. The zero-order valence-corrected chi connectivity index (χ0v) is 19.2. The highest BCUT2D eigenvalue weighted by molar-refractivity contribution is 5.81. The van der Waals surface area contributed by atoms with Gasteiger partial charge >= 0.3 is 0 Å². The fourth-order valence-corrected chi connectivity index (χ4v) is 5.02. The molecular formula is C26H34N4O2. The van der Waals surface area contributed by atoms with E-state index < -0.39 is 0 Å². The molecular weight excluding hydrogens is 400 g/mol. The van der Waals surface area contributed by atoms with E-state index in [0.717, 1.165) is 18.7 Å². The number of rotatable bonds is 7. The zero-order valence-electron chi connectivity index (χ0n) is 19.2. The molecule has 6 heteroatoms. The molecule has 2 atom stereocenters. The van der Waals surface area contributed by atoms with E-state index in [4.69, 9.17) is 5.73 Å². The topological polar surface area (TPSA) is 69.9 Å². The summed E-state index contributed by atoms with van der Waals surface area (Å²) in [6.45, 7) is 6.58. The Morgan fingerprint density at radius 1 is 0.938 bits per heavy atom. The van der Waals surface area contributed by atoms with Crippen molar-refractivity contribution in [3.05, 3.63) is 65.2 Å². The van der Waals surface area contributed by atoms with E-state index in [1.807, 2.05) is 0 Å². The molecule has 6 nitrogen and oxygen atoms in total. The second-order valence-electron chi connectivity index (χ2n) is 9.31.